The van der Waals surface area contributed by atoms with Gasteiger partial charge in [0.05, 0.1) is 5.60 Å². The first-order valence-corrected chi connectivity index (χ1v) is 6.12. The number of pyridine rings is 1. The van der Waals surface area contributed by atoms with Crippen LogP contribution in [-0.4, -0.2) is 30.8 Å². The molecule has 1 atom stereocenters. The maximum atomic E-state index is 5.66. The summed E-state index contributed by atoms with van der Waals surface area (Å²) < 4.78 is 5.59. The Morgan fingerprint density at radius 1 is 1.59 bits per heavy atom. The van der Waals surface area contributed by atoms with Crippen molar-refractivity contribution in [2.24, 2.45) is 5.73 Å². The van der Waals surface area contributed by atoms with E-state index in [4.69, 9.17) is 10.5 Å². The molecule has 0 radical (unpaired) electrons. The molecule has 0 amide bonds. The van der Waals surface area contributed by atoms with Crippen molar-refractivity contribution in [2.75, 3.05) is 25.1 Å². The molecule has 0 aromatic carbocycles. The van der Waals surface area contributed by atoms with Gasteiger partial charge in [-0.05, 0) is 37.5 Å². The smallest absolute Gasteiger partial charge is 0.128 e. The van der Waals surface area contributed by atoms with Crippen LogP contribution in [-0.2, 0) is 11.3 Å². The molecule has 1 aliphatic heterocycles. The number of piperidine rings is 1. The lowest BCUT2D eigenvalue weighted by molar-refractivity contribution is -0.00481. The third-order valence-corrected chi connectivity index (χ3v) is 3.52. The SMILES string of the molecule is COC1(C)CCCN(c2cc(CN)ccn2)C1. The van der Waals surface area contributed by atoms with E-state index in [9.17, 15) is 0 Å². The number of ether oxygens (including phenoxy) is 1. The minimum atomic E-state index is -0.0569. The van der Waals surface area contributed by atoms with Crippen LogP contribution < -0.4 is 10.6 Å². The van der Waals surface area contributed by atoms with Gasteiger partial charge in [0, 0.05) is 32.9 Å². The summed E-state index contributed by atoms with van der Waals surface area (Å²) in [5.74, 6) is 1.01. The lowest BCUT2D eigenvalue weighted by Gasteiger charge is -2.40. The number of aromatic nitrogens is 1. The van der Waals surface area contributed by atoms with Crippen LogP contribution in [0.2, 0.25) is 0 Å². The van der Waals surface area contributed by atoms with E-state index in [1.807, 2.05) is 12.3 Å². The number of hydrogen-bond acceptors (Lipinski definition) is 4. The minimum Gasteiger partial charge on any atom is -0.377 e. The highest BCUT2D eigenvalue weighted by atomic mass is 16.5. The highest BCUT2D eigenvalue weighted by Crippen LogP contribution is 2.27. The lowest BCUT2D eigenvalue weighted by Crippen LogP contribution is -2.47. The van der Waals surface area contributed by atoms with Gasteiger partial charge in [0.15, 0.2) is 0 Å². The fourth-order valence-corrected chi connectivity index (χ4v) is 2.33. The second-order valence-electron chi connectivity index (χ2n) is 4.91. The van der Waals surface area contributed by atoms with Crippen molar-refractivity contribution < 1.29 is 4.74 Å². The molecule has 1 aromatic rings. The quantitative estimate of drug-likeness (QED) is 0.863. The summed E-state index contributed by atoms with van der Waals surface area (Å²) in [4.78, 5) is 6.71. The Labute approximate surface area is 103 Å². The van der Waals surface area contributed by atoms with E-state index < -0.39 is 0 Å². The zero-order valence-electron chi connectivity index (χ0n) is 10.6. The van der Waals surface area contributed by atoms with Gasteiger partial charge in [0.2, 0.25) is 0 Å². The average Bonchev–Trinajstić information content (AvgIpc) is 2.39. The molecule has 17 heavy (non-hydrogen) atoms. The molecule has 1 fully saturated rings. The molecule has 0 bridgehead atoms. The Morgan fingerprint density at radius 2 is 2.41 bits per heavy atom. The number of nitrogens with two attached hydrogens (primary N) is 1. The minimum absolute atomic E-state index is 0.0569. The summed E-state index contributed by atoms with van der Waals surface area (Å²) in [5, 5.41) is 0. The molecule has 0 spiro atoms. The van der Waals surface area contributed by atoms with Crippen LogP contribution in [0.15, 0.2) is 18.3 Å². The van der Waals surface area contributed by atoms with Gasteiger partial charge in [-0.3, -0.25) is 0 Å². The van der Waals surface area contributed by atoms with Crippen LogP contribution in [0.1, 0.15) is 25.3 Å². The molecular formula is C13H21N3O. The van der Waals surface area contributed by atoms with E-state index in [0.717, 1.165) is 37.3 Å². The predicted octanol–water partition coefficient (Wildman–Crippen LogP) is 1.55. The third kappa shape index (κ3) is 2.76. The van der Waals surface area contributed by atoms with Gasteiger partial charge in [-0.2, -0.15) is 0 Å². The van der Waals surface area contributed by atoms with Crippen LogP contribution in [0.5, 0.6) is 0 Å². The number of nitrogens with zero attached hydrogens (tertiary/aromatic N) is 2. The molecule has 1 aliphatic rings. The van der Waals surface area contributed by atoms with E-state index in [1.54, 1.807) is 7.11 Å². The molecule has 0 saturated carbocycles. The summed E-state index contributed by atoms with van der Waals surface area (Å²) in [6.07, 6.45) is 4.08. The van der Waals surface area contributed by atoms with E-state index >= 15 is 0 Å². The molecule has 0 aliphatic carbocycles. The summed E-state index contributed by atoms with van der Waals surface area (Å²) in [7, 11) is 1.78. The second-order valence-corrected chi connectivity index (χ2v) is 4.91. The van der Waals surface area contributed by atoms with Crippen molar-refractivity contribution in [1.82, 2.24) is 4.98 Å². The number of hydrogen-bond donors (Lipinski definition) is 1. The van der Waals surface area contributed by atoms with Gasteiger partial charge < -0.3 is 15.4 Å². The highest BCUT2D eigenvalue weighted by molar-refractivity contribution is 5.42. The molecule has 2 heterocycles. The molecule has 1 saturated heterocycles. The normalized spacial score (nSPS) is 25.0. The first-order chi connectivity index (χ1) is 8.17. The highest BCUT2D eigenvalue weighted by Gasteiger charge is 2.31. The van der Waals surface area contributed by atoms with Gasteiger partial charge in [0.1, 0.15) is 5.82 Å². The summed E-state index contributed by atoms with van der Waals surface area (Å²) in [6, 6.07) is 4.03. The largest absolute Gasteiger partial charge is 0.377 e. The Bertz CT molecular complexity index is 383. The third-order valence-electron chi connectivity index (χ3n) is 3.52. The first kappa shape index (κ1) is 12.3. The van der Waals surface area contributed by atoms with Crippen molar-refractivity contribution in [3.8, 4) is 0 Å². The topological polar surface area (TPSA) is 51.4 Å². The van der Waals surface area contributed by atoms with E-state index in [-0.39, 0.29) is 5.60 Å². The number of rotatable bonds is 3. The summed E-state index contributed by atoms with van der Waals surface area (Å²) in [5.41, 5.74) is 6.72. The average molecular weight is 235 g/mol. The van der Waals surface area contributed by atoms with Crippen LogP contribution >= 0.6 is 0 Å². The first-order valence-electron chi connectivity index (χ1n) is 6.12. The van der Waals surface area contributed by atoms with Crippen molar-refractivity contribution in [1.29, 1.82) is 0 Å². The zero-order chi connectivity index (χ0) is 12.3. The van der Waals surface area contributed by atoms with Crippen molar-refractivity contribution >= 4 is 5.82 Å². The lowest BCUT2D eigenvalue weighted by atomic mass is 9.95. The predicted molar refractivity (Wildman–Crippen MR) is 69.0 cm³/mol. The Kier molecular flexibility index (Phi) is 3.64. The van der Waals surface area contributed by atoms with Crippen LogP contribution in [0.25, 0.3) is 0 Å². The molecule has 2 rings (SSSR count). The standard InChI is InChI=1S/C13H21N3O/c1-13(17-2)5-3-7-16(10-13)12-8-11(9-14)4-6-15-12/h4,6,8H,3,5,7,9-10,14H2,1-2H3. The summed E-state index contributed by atoms with van der Waals surface area (Å²) >= 11 is 0. The fraction of sp³-hybridized carbons (Fsp3) is 0.615. The van der Waals surface area contributed by atoms with Crippen LogP contribution in [0, 0.1) is 0 Å². The Balaban J connectivity index is 2.16. The van der Waals surface area contributed by atoms with Crippen LogP contribution in [0.3, 0.4) is 0 Å². The van der Waals surface area contributed by atoms with Gasteiger partial charge in [0.25, 0.3) is 0 Å². The van der Waals surface area contributed by atoms with Crippen molar-refractivity contribution in [3.63, 3.8) is 0 Å². The Morgan fingerprint density at radius 3 is 3.12 bits per heavy atom. The summed E-state index contributed by atoms with van der Waals surface area (Å²) in [6.45, 7) is 4.65. The molecule has 4 heteroatoms. The van der Waals surface area contributed by atoms with Gasteiger partial charge in [-0.25, -0.2) is 4.98 Å². The molecule has 4 nitrogen and oxygen atoms in total. The van der Waals surface area contributed by atoms with Gasteiger partial charge in [-0.1, -0.05) is 0 Å². The number of anilines is 1. The molecule has 1 unspecified atom stereocenters. The molecular weight excluding hydrogens is 214 g/mol. The zero-order valence-corrected chi connectivity index (χ0v) is 10.6. The van der Waals surface area contributed by atoms with Crippen LogP contribution in [0.4, 0.5) is 5.82 Å². The monoisotopic (exact) mass is 235 g/mol. The maximum Gasteiger partial charge on any atom is 0.128 e. The number of methoxy groups -OCH3 is 1. The second kappa shape index (κ2) is 5.02. The van der Waals surface area contributed by atoms with E-state index in [2.05, 4.69) is 22.9 Å². The van der Waals surface area contributed by atoms with E-state index in [0.29, 0.717) is 6.54 Å². The Hall–Kier alpha value is -1.13. The van der Waals surface area contributed by atoms with Crippen molar-refractivity contribution in [3.05, 3.63) is 23.9 Å². The molecule has 2 N–H and O–H groups in total. The molecule has 1 aromatic heterocycles. The fourth-order valence-electron chi connectivity index (χ4n) is 2.33. The molecule has 94 valence electrons. The van der Waals surface area contributed by atoms with Gasteiger partial charge in [-0.15, -0.1) is 0 Å². The van der Waals surface area contributed by atoms with Gasteiger partial charge >= 0.3 is 0 Å². The van der Waals surface area contributed by atoms with Crippen molar-refractivity contribution in [2.45, 2.75) is 31.9 Å². The maximum absolute atomic E-state index is 5.66. The van der Waals surface area contributed by atoms with E-state index in [1.165, 1.54) is 0 Å².